The number of rotatable bonds is 14. The third-order valence-corrected chi connectivity index (χ3v) is 4.41. The first-order valence-electron chi connectivity index (χ1n) is 8.41. The van der Waals surface area contributed by atoms with E-state index in [2.05, 4.69) is 29.8 Å². The topological polar surface area (TPSA) is 0 Å². The van der Waals surface area contributed by atoms with E-state index in [0.717, 1.165) is 5.92 Å². The molecule has 18 heavy (non-hydrogen) atoms. The van der Waals surface area contributed by atoms with Crippen LogP contribution in [0.25, 0.3) is 0 Å². The van der Waals surface area contributed by atoms with Crippen LogP contribution in [0, 0.1) is 5.92 Å². The van der Waals surface area contributed by atoms with Crippen LogP contribution in [0.15, 0.2) is 0 Å². The lowest BCUT2D eigenvalue weighted by molar-refractivity contribution is 0.397. The molecule has 0 N–H and O–H groups in total. The number of hydrogen-bond donors (Lipinski definition) is 0. The van der Waals surface area contributed by atoms with Crippen LogP contribution in [0.1, 0.15) is 97.3 Å². The molecule has 0 aromatic heterocycles. The van der Waals surface area contributed by atoms with Gasteiger partial charge in [-0.1, -0.05) is 107 Å². The van der Waals surface area contributed by atoms with Gasteiger partial charge in [-0.2, -0.15) is 0 Å². The van der Waals surface area contributed by atoms with E-state index >= 15 is 0 Å². The van der Waals surface area contributed by atoms with Crippen LogP contribution < -0.4 is 0 Å². The second-order valence-corrected chi connectivity index (χ2v) is 6.54. The first-order chi connectivity index (χ1) is 8.85. The van der Waals surface area contributed by atoms with Crippen LogP contribution in [0.2, 0.25) is 0 Å². The SMILES string of the molecule is CCCCCCCC(CCBr)CCCCCCC. The Labute approximate surface area is 124 Å². The fourth-order valence-corrected chi connectivity index (χ4v) is 3.31. The van der Waals surface area contributed by atoms with Gasteiger partial charge in [-0.15, -0.1) is 0 Å². The van der Waals surface area contributed by atoms with E-state index in [4.69, 9.17) is 0 Å². The summed E-state index contributed by atoms with van der Waals surface area (Å²) >= 11 is 3.62. The van der Waals surface area contributed by atoms with E-state index in [1.807, 2.05) is 0 Å². The molecule has 0 unspecified atom stereocenters. The van der Waals surface area contributed by atoms with E-state index < -0.39 is 0 Å². The van der Waals surface area contributed by atoms with Crippen molar-refractivity contribution >= 4 is 15.9 Å². The van der Waals surface area contributed by atoms with Gasteiger partial charge in [-0.25, -0.2) is 0 Å². The van der Waals surface area contributed by atoms with Crippen LogP contribution in [0.4, 0.5) is 0 Å². The van der Waals surface area contributed by atoms with Crippen molar-refractivity contribution < 1.29 is 0 Å². The van der Waals surface area contributed by atoms with Gasteiger partial charge in [0, 0.05) is 5.33 Å². The first-order valence-corrected chi connectivity index (χ1v) is 9.53. The number of unbranched alkanes of at least 4 members (excludes halogenated alkanes) is 8. The summed E-state index contributed by atoms with van der Waals surface area (Å²) in [6.07, 6.45) is 18.7. The highest BCUT2D eigenvalue weighted by molar-refractivity contribution is 9.09. The standard InChI is InChI=1S/C17H35Br/c1-3-5-7-9-11-13-17(15-16-18)14-12-10-8-6-4-2/h17H,3-16H2,1-2H3. The monoisotopic (exact) mass is 318 g/mol. The van der Waals surface area contributed by atoms with Crippen molar-refractivity contribution in [3.63, 3.8) is 0 Å². The van der Waals surface area contributed by atoms with Gasteiger partial charge in [0.05, 0.1) is 0 Å². The Kier molecular flexibility index (Phi) is 16.0. The molecular formula is C17H35Br. The molecule has 0 spiro atoms. The van der Waals surface area contributed by atoms with E-state index in [0.29, 0.717) is 0 Å². The molecule has 0 amide bonds. The summed E-state index contributed by atoms with van der Waals surface area (Å²) in [5.74, 6) is 0.993. The zero-order chi connectivity index (χ0) is 13.5. The van der Waals surface area contributed by atoms with Crippen LogP contribution in [-0.4, -0.2) is 5.33 Å². The maximum atomic E-state index is 3.62. The van der Waals surface area contributed by atoms with Gasteiger partial charge >= 0.3 is 0 Å². The molecule has 0 aromatic carbocycles. The Balaban J connectivity index is 3.45. The predicted molar refractivity (Wildman–Crippen MR) is 88.7 cm³/mol. The average Bonchev–Trinajstić information content (AvgIpc) is 2.38. The predicted octanol–water partition coefficient (Wildman–Crippen LogP) is 7.11. The molecule has 0 fully saturated rings. The van der Waals surface area contributed by atoms with Crippen LogP contribution in [0.5, 0.6) is 0 Å². The molecule has 0 aromatic rings. The number of hydrogen-bond acceptors (Lipinski definition) is 0. The van der Waals surface area contributed by atoms with Crippen molar-refractivity contribution in [2.75, 3.05) is 5.33 Å². The molecule has 0 aliphatic rings. The zero-order valence-corrected chi connectivity index (χ0v) is 14.4. The van der Waals surface area contributed by atoms with Crippen molar-refractivity contribution in [1.82, 2.24) is 0 Å². The fourth-order valence-electron chi connectivity index (χ4n) is 2.66. The Hall–Kier alpha value is 0.480. The maximum Gasteiger partial charge on any atom is 0.00339 e. The third-order valence-electron chi connectivity index (χ3n) is 3.95. The highest BCUT2D eigenvalue weighted by Crippen LogP contribution is 2.22. The van der Waals surface area contributed by atoms with Gasteiger partial charge in [0.15, 0.2) is 0 Å². The lowest BCUT2D eigenvalue weighted by Gasteiger charge is -2.15. The van der Waals surface area contributed by atoms with E-state index in [-0.39, 0.29) is 0 Å². The lowest BCUT2D eigenvalue weighted by Crippen LogP contribution is -2.02. The van der Waals surface area contributed by atoms with E-state index in [1.165, 1.54) is 88.8 Å². The summed E-state index contributed by atoms with van der Waals surface area (Å²) in [6.45, 7) is 4.59. The summed E-state index contributed by atoms with van der Waals surface area (Å²) < 4.78 is 0. The second kappa shape index (κ2) is 15.5. The molecule has 0 saturated carbocycles. The number of halogens is 1. The van der Waals surface area contributed by atoms with Gasteiger partial charge in [0.2, 0.25) is 0 Å². The second-order valence-electron chi connectivity index (χ2n) is 5.75. The van der Waals surface area contributed by atoms with Gasteiger partial charge in [-0.05, 0) is 12.3 Å². The minimum atomic E-state index is 0.993. The smallest absolute Gasteiger partial charge is 0.00339 e. The van der Waals surface area contributed by atoms with Crippen LogP contribution >= 0.6 is 15.9 Å². The maximum absolute atomic E-state index is 3.62. The van der Waals surface area contributed by atoms with Crippen LogP contribution in [0.3, 0.4) is 0 Å². The van der Waals surface area contributed by atoms with E-state index in [1.54, 1.807) is 0 Å². The van der Waals surface area contributed by atoms with Crippen molar-refractivity contribution in [1.29, 1.82) is 0 Å². The molecular weight excluding hydrogens is 284 g/mol. The minimum absolute atomic E-state index is 0.993. The van der Waals surface area contributed by atoms with Crippen LogP contribution in [-0.2, 0) is 0 Å². The Morgan fingerprint density at radius 1 is 0.611 bits per heavy atom. The summed E-state index contributed by atoms with van der Waals surface area (Å²) in [4.78, 5) is 0. The van der Waals surface area contributed by atoms with Gasteiger partial charge in [0.25, 0.3) is 0 Å². The molecule has 0 aliphatic heterocycles. The molecule has 0 nitrogen and oxygen atoms in total. The van der Waals surface area contributed by atoms with Gasteiger partial charge in [-0.3, -0.25) is 0 Å². The first kappa shape index (κ1) is 18.5. The third kappa shape index (κ3) is 12.9. The van der Waals surface area contributed by atoms with Crippen molar-refractivity contribution in [3.8, 4) is 0 Å². The quantitative estimate of drug-likeness (QED) is 0.236. The highest BCUT2D eigenvalue weighted by atomic mass is 79.9. The Morgan fingerprint density at radius 2 is 1.06 bits per heavy atom. The van der Waals surface area contributed by atoms with Gasteiger partial charge in [0.1, 0.15) is 0 Å². The fraction of sp³-hybridized carbons (Fsp3) is 1.00. The zero-order valence-electron chi connectivity index (χ0n) is 12.9. The number of alkyl halides is 1. The minimum Gasteiger partial charge on any atom is -0.0928 e. The summed E-state index contributed by atoms with van der Waals surface area (Å²) in [7, 11) is 0. The molecule has 0 aliphatic carbocycles. The molecule has 0 atom stereocenters. The Bertz CT molecular complexity index is 131. The van der Waals surface area contributed by atoms with Crippen molar-refractivity contribution in [2.45, 2.75) is 97.3 Å². The Morgan fingerprint density at radius 3 is 1.44 bits per heavy atom. The summed E-state index contributed by atoms with van der Waals surface area (Å²) in [5.41, 5.74) is 0. The molecule has 0 bridgehead atoms. The largest absolute Gasteiger partial charge is 0.0928 e. The molecule has 110 valence electrons. The van der Waals surface area contributed by atoms with Crippen molar-refractivity contribution in [2.24, 2.45) is 5.92 Å². The molecule has 0 radical (unpaired) electrons. The lowest BCUT2D eigenvalue weighted by atomic mass is 9.92. The summed E-state index contributed by atoms with van der Waals surface area (Å²) in [5, 5.41) is 1.20. The highest BCUT2D eigenvalue weighted by Gasteiger charge is 2.07. The van der Waals surface area contributed by atoms with E-state index in [9.17, 15) is 0 Å². The molecule has 0 heterocycles. The molecule has 0 saturated heterocycles. The molecule has 0 rings (SSSR count). The van der Waals surface area contributed by atoms with Crippen molar-refractivity contribution in [3.05, 3.63) is 0 Å². The average molecular weight is 319 g/mol. The normalized spacial score (nSPS) is 11.3. The van der Waals surface area contributed by atoms with Gasteiger partial charge < -0.3 is 0 Å². The summed E-state index contributed by atoms with van der Waals surface area (Å²) in [6, 6.07) is 0. The molecule has 1 heteroatoms.